The molecule has 0 bridgehead atoms. The Morgan fingerprint density at radius 2 is 2.00 bits per heavy atom. The van der Waals surface area contributed by atoms with Gasteiger partial charge in [-0.15, -0.1) is 0 Å². The number of amides is 1. The predicted octanol–water partition coefficient (Wildman–Crippen LogP) is 3.47. The van der Waals surface area contributed by atoms with E-state index in [4.69, 9.17) is 4.74 Å². The number of aliphatic hydroxyl groups is 1. The van der Waals surface area contributed by atoms with E-state index in [0.29, 0.717) is 6.61 Å². The van der Waals surface area contributed by atoms with Gasteiger partial charge in [-0.3, -0.25) is 4.79 Å². The molecule has 25 heavy (non-hydrogen) atoms. The van der Waals surface area contributed by atoms with Crippen LogP contribution in [0.2, 0.25) is 0 Å². The Hall–Kier alpha value is -2.37. The Labute approximate surface area is 148 Å². The molecule has 3 N–H and O–H groups in total. The molecule has 0 radical (unpaired) electrons. The van der Waals surface area contributed by atoms with Crippen molar-refractivity contribution in [2.24, 2.45) is 0 Å². The summed E-state index contributed by atoms with van der Waals surface area (Å²) >= 11 is 0. The number of benzene rings is 2. The highest BCUT2D eigenvalue weighted by Gasteiger charge is 2.23. The summed E-state index contributed by atoms with van der Waals surface area (Å²) in [6.45, 7) is 2.78. The lowest BCUT2D eigenvalue weighted by Gasteiger charge is -2.17. The quantitative estimate of drug-likeness (QED) is 0.753. The number of ether oxygens (including phenoxy) is 1. The molecular weight excluding hydrogens is 316 g/mol. The number of carbonyl (C=O) groups excluding carboxylic acids is 1. The minimum Gasteiger partial charge on any atom is -0.392 e. The third kappa shape index (κ3) is 4.59. The topological polar surface area (TPSA) is 70.6 Å². The molecule has 2 unspecified atom stereocenters. The van der Waals surface area contributed by atoms with E-state index in [9.17, 15) is 9.90 Å². The first-order valence-electron chi connectivity index (χ1n) is 8.64. The van der Waals surface area contributed by atoms with E-state index in [-0.39, 0.29) is 24.7 Å². The minimum atomic E-state index is -0.323. The Morgan fingerprint density at radius 1 is 1.24 bits per heavy atom. The Morgan fingerprint density at radius 3 is 2.68 bits per heavy atom. The van der Waals surface area contributed by atoms with Crippen molar-refractivity contribution in [3.8, 4) is 0 Å². The van der Waals surface area contributed by atoms with Crippen LogP contribution in [0, 0.1) is 0 Å². The summed E-state index contributed by atoms with van der Waals surface area (Å²) in [6.07, 6.45) is 1.41. The molecule has 2 aromatic carbocycles. The summed E-state index contributed by atoms with van der Waals surface area (Å²) in [7, 11) is 0. The summed E-state index contributed by atoms with van der Waals surface area (Å²) < 4.78 is 5.39. The maximum absolute atomic E-state index is 12.1. The third-order valence-electron chi connectivity index (χ3n) is 4.39. The smallest absolute Gasteiger partial charge is 0.253 e. The van der Waals surface area contributed by atoms with Gasteiger partial charge in [-0.1, -0.05) is 24.3 Å². The molecule has 1 aliphatic rings. The average molecular weight is 340 g/mol. The fraction of sp³-hybridized carbons (Fsp3) is 0.350. The first kappa shape index (κ1) is 17.5. The van der Waals surface area contributed by atoms with E-state index in [1.165, 1.54) is 0 Å². The van der Waals surface area contributed by atoms with Crippen LogP contribution in [0.1, 0.15) is 36.9 Å². The van der Waals surface area contributed by atoms with Gasteiger partial charge < -0.3 is 20.5 Å². The van der Waals surface area contributed by atoms with Gasteiger partial charge >= 0.3 is 0 Å². The zero-order valence-corrected chi connectivity index (χ0v) is 14.4. The number of nitrogens with one attached hydrogen (secondary N) is 2. The molecule has 5 nitrogen and oxygen atoms in total. The third-order valence-corrected chi connectivity index (χ3v) is 4.39. The van der Waals surface area contributed by atoms with E-state index in [1.54, 1.807) is 0 Å². The summed E-state index contributed by atoms with van der Waals surface area (Å²) in [5.41, 5.74) is 3.75. The van der Waals surface area contributed by atoms with Gasteiger partial charge in [0.2, 0.25) is 0 Å². The van der Waals surface area contributed by atoms with Crippen LogP contribution >= 0.6 is 0 Å². The van der Waals surface area contributed by atoms with E-state index in [1.807, 2.05) is 48.5 Å². The van der Waals surface area contributed by atoms with Gasteiger partial charge in [-0.25, -0.2) is 0 Å². The number of carbonyl (C=O) groups is 1. The fourth-order valence-electron chi connectivity index (χ4n) is 2.95. The van der Waals surface area contributed by atoms with Crippen LogP contribution in [0.4, 0.5) is 11.4 Å². The number of rotatable bonds is 6. The Kier molecular flexibility index (Phi) is 5.68. The second kappa shape index (κ2) is 8.14. The molecule has 5 heteroatoms. The lowest BCUT2D eigenvalue weighted by atomic mass is 10.1. The largest absolute Gasteiger partial charge is 0.392 e. The van der Waals surface area contributed by atoms with Crippen molar-refractivity contribution in [3.63, 3.8) is 0 Å². The van der Waals surface area contributed by atoms with Gasteiger partial charge in [0.25, 0.3) is 5.91 Å². The van der Waals surface area contributed by atoms with Crippen molar-refractivity contribution in [2.45, 2.75) is 38.5 Å². The van der Waals surface area contributed by atoms with Gasteiger partial charge in [0.1, 0.15) is 6.10 Å². The SMILES string of the molecule is CC(Nc1ccc(NC(=O)C2CCCO2)cc1)c1cccc(CO)c1. The lowest BCUT2D eigenvalue weighted by Crippen LogP contribution is -2.26. The first-order valence-corrected chi connectivity index (χ1v) is 8.64. The fourth-order valence-corrected chi connectivity index (χ4v) is 2.95. The number of anilines is 2. The molecule has 1 saturated heterocycles. The highest BCUT2D eigenvalue weighted by molar-refractivity contribution is 5.94. The maximum Gasteiger partial charge on any atom is 0.253 e. The van der Waals surface area contributed by atoms with Crippen LogP contribution in [-0.4, -0.2) is 23.7 Å². The lowest BCUT2D eigenvalue weighted by molar-refractivity contribution is -0.124. The second-order valence-electron chi connectivity index (χ2n) is 6.34. The summed E-state index contributed by atoms with van der Waals surface area (Å²) in [6, 6.07) is 15.6. The first-order chi connectivity index (χ1) is 12.2. The molecule has 1 fully saturated rings. The van der Waals surface area contributed by atoms with Gasteiger partial charge in [0.05, 0.1) is 6.61 Å². The molecule has 3 rings (SSSR count). The standard InChI is InChI=1S/C20H24N2O3/c1-14(16-5-2-4-15(12-16)13-23)21-17-7-9-18(10-8-17)22-20(24)19-6-3-11-25-19/h2,4-5,7-10,12,14,19,21,23H,3,6,11,13H2,1H3,(H,22,24). The van der Waals surface area contributed by atoms with Crippen molar-refractivity contribution < 1.29 is 14.6 Å². The Bertz CT molecular complexity index is 709. The maximum atomic E-state index is 12.1. The van der Waals surface area contributed by atoms with Gasteiger partial charge in [-0.05, 0) is 55.2 Å². The normalized spacial score (nSPS) is 17.9. The minimum absolute atomic E-state index is 0.0413. The molecule has 2 atom stereocenters. The second-order valence-corrected chi connectivity index (χ2v) is 6.34. The van der Waals surface area contributed by atoms with Gasteiger partial charge in [0.15, 0.2) is 0 Å². The van der Waals surface area contributed by atoms with Gasteiger partial charge in [-0.2, -0.15) is 0 Å². The van der Waals surface area contributed by atoms with E-state index in [0.717, 1.165) is 35.3 Å². The molecule has 2 aromatic rings. The number of hydrogen-bond donors (Lipinski definition) is 3. The molecule has 0 aliphatic carbocycles. The Balaban J connectivity index is 1.59. The summed E-state index contributed by atoms with van der Waals surface area (Å²) in [5, 5.41) is 15.6. The molecule has 1 aliphatic heterocycles. The van der Waals surface area contributed by atoms with Crippen LogP contribution < -0.4 is 10.6 Å². The highest BCUT2D eigenvalue weighted by Crippen LogP contribution is 2.22. The van der Waals surface area contributed by atoms with Crippen molar-refractivity contribution >= 4 is 17.3 Å². The molecule has 1 heterocycles. The molecule has 0 saturated carbocycles. The summed E-state index contributed by atoms with van der Waals surface area (Å²) in [4.78, 5) is 12.1. The highest BCUT2D eigenvalue weighted by atomic mass is 16.5. The van der Waals surface area contributed by atoms with Crippen LogP contribution in [0.3, 0.4) is 0 Å². The van der Waals surface area contributed by atoms with Gasteiger partial charge in [0, 0.05) is 24.0 Å². The van der Waals surface area contributed by atoms with E-state index in [2.05, 4.69) is 17.6 Å². The van der Waals surface area contributed by atoms with Crippen LogP contribution in [0.5, 0.6) is 0 Å². The number of hydrogen-bond acceptors (Lipinski definition) is 4. The molecule has 0 spiro atoms. The molecule has 0 aromatic heterocycles. The van der Waals surface area contributed by atoms with Crippen LogP contribution in [0.15, 0.2) is 48.5 Å². The van der Waals surface area contributed by atoms with Crippen LogP contribution in [-0.2, 0) is 16.1 Å². The van der Waals surface area contributed by atoms with Crippen molar-refractivity contribution in [3.05, 3.63) is 59.7 Å². The molecule has 132 valence electrons. The number of aliphatic hydroxyl groups excluding tert-OH is 1. The van der Waals surface area contributed by atoms with E-state index < -0.39 is 0 Å². The van der Waals surface area contributed by atoms with E-state index >= 15 is 0 Å². The monoisotopic (exact) mass is 340 g/mol. The average Bonchev–Trinajstić information content (AvgIpc) is 3.18. The van der Waals surface area contributed by atoms with Crippen molar-refractivity contribution in [1.82, 2.24) is 0 Å². The zero-order valence-electron chi connectivity index (χ0n) is 14.4. The van der Waals surface area contributed by atoms with Crippen molar-refractivity contribution in [2.75, 3.05) is 17.2 Å². The van der Waals surface area contributed by atoms with Crippen LogP contribution in [0.25, 0.3) is 0 Å². The zero-order chi connectivity index (χ0) is 17.6. The van der Waals surface area contributed by atoms with Crippen molar-refractivity contribution in [1.29, 1.82) is 0 Å². The molecular formula is C20H24N2O3. The predicted molar refractivity (Wildman–Crippen MR) is 98.4 cm³/mol. The molecule has 1 amide bonds. The summed E-state index contributed by atoms with van der Waals surface area (Å²) in [5.74, 6) is -0.0765.